The quantitative estimate of drug-likeness (QED) is 0.297. The lowest BCUT2D eigenvalue weighted by molar-refractivity contribution is 0.0336. The third-order valence-corrected chi connectivity index (χ3v) is 7.47. The van der Waals surface area contributed by atoms with Crippen LogP contribution in [0.25, 0.3) is 21.9 Å². The van der Waals surface area contributed by atoms with E-state index in [-0.39, 0.29) is 11.3 Å². The van der Waals surface area contributed by atoms with Crippen LogP contribution in [0.3, 0.4) is 0 Å². The molecule has 0 aliphatic carbocycles. The van der Waals surface area contributed by atoms with Crippen LogP contribution in [-0.4, -0.2) is 59.7 Å². The second kappa shape index (κ2) is 11.7. The van der Waals surface area contributed by atoms with Crippen molar-refractivity contribution in [3.63, 3.8) is 0 Å². The predicted molar refractivity (Wildman–Crippen MR) is 163 cm³/mol. The third-order valence-electron chi connectivity index (χ3n) is 7.47. The van der Waals surface area contributed by atoms with Crippen LogP contribution < -0.4 is 16.0 Å². The molecule has 5 rings (SSSR count). The number of carbonyl (C=O) groups excluding carboxylic acids is 2. The Labute approximate surface area is 240 Å². The average Bonchev–Trinajstić information content (AvgIpc) is 3.29. The number of urea groups is 1. The van der Waals surface area contributed by atoms with Gasteiger partial charge in [0.15, 0.2) is 0 Å². The fourth-order valence-electron chi connectivity index (χ4n) is 5.43. The molecule has 1 aliphatic heterocycles. The summed E-state index contributed by atoms with van der Waals surface area (Å²) >= 11 is 0. The summed E-state index contributed by atoms with van der Waals surface area (Å²) in [6.07, 6.45) is 1.87. The number of amides is 3. The van der Waals surface area contributed by atoms with E-state index in [0.717, 1.165) is 66.1 Å². The first-order valence-electron chi connectivity index (χ1n) is 13.9. The van der Waals surface area contributed by atoms with Crippen molar-refractivity contribution in [1.82, 2.24) is 19.8 Å². The first-order valence-corrected chi connectivity index (χ1v) is 13.9. The zero-order chi connectivity index (χ0) is 29.1. The molecule has 4 aromatic rings. The zero-order valence-corrected chi connectivity index (χ0v) is 24.4. The Kier molecular flexibility index (Phi) is 8.10. The number of ether oxygens (including phenoxy) is 1. The van der Waals surface area contributed by atoms with Crippen LogP contribution in [0, 0.1) is 0 Å². The van der Waals surface area contributed by atoms with Gasteiger partial charge in [-0.25, -0.2) is 4.79 Å². The van der Waals surface area contributed by atoms with E-state index in [1.807, 2.05) is 60.3 Å². The van der Waals surface area contributed by atoms with E-state index >= 15 is 0 Å². The second-order valence-corrected chi connectivity index (χ2v) is 11.4. The van der Waals surface area contributed by atoms with Crippen molar-refractivity contribution in [2.45, 2.75) is 32.7 Å². The first kappa shape index (κ1) is 28.3. The van der Waals surface area contributed by atoms with Gasteiger partial charge >= 0.3 is 6.03 Å². The van der Waals surface area contributed by atoms with E-state index in [1.165, 1.54) is 0 Å². The van der Waals surface area contributed by atoms with Crippen LogP contribution in [0.15, 0.2) is 60.8 Å². The lowest BCUT2D eigenvalue weighted by Crippen LogP contribution is -2.35. The highest BCUT2D eigenvalue weighted by Crippen LogP contribution is 2.36. The van der Waals surface area contributed by atoms with E-state index in [4.69, 9.17) is 9.72 Å². The molecule has 1 aliphatic rings. The van der Waals surface area contributed by atoms with E-state index in [2.05, 4.69) is 53.8 Å². The molecule has 9 heteroatoms. The summed E-state index contributed by atoms with van der Waals surface area (Å²) in [6.45, 7) is 10.3. The lowest BCUT2D eigenvalue weighted by atomic mass is 9.92. The van der Waals surface area contributed by atoms with Crippen molar-refractivity contribution in [3.05, 3.63) is 77.9 Å². The van der Waals surface area contributed by atoms with E-state index in [9.17, 15) is 9.59 Å². The van der Waals surface area contributed by atoms with Crippen molar-refractivity contribution in [1.29, 1.82) is 0 Å². The molecule has 0 atom stereocenters. The predicted octanol–water partition coefficient (Wildman–Crippen LogP) is 5.37. The molecular formula is C32H38N6O3. The number of carbonyl (C=O) groups is 2. The summed E-state index contributed by atoms with van der Waals surface area (Å²) < 4.78 is 7.29. The number of nitrogens with zero attached hydrogens (tertiary/aromatic N) is 3. The Hall–Kier alpha value is -4.21. The molecule has 3 N–H and O–H groups in total. The SMILES string of the molecule is CNC(=O)c1c(NC(=O)Nc2ccc3ccccc3c2-c2ccc(CN3CCOCC3)nc2)cc(C(C)(C)C)n1C. The third kappa shape index (κ3) is 6.11. The molecule has 1 fully saturated rings. The Bertz CT molecular complexity index is 1560. The van der Waals surface area contributed by atoms with E-state index in [0.29, 0.717) is 17.1 Å². The van der Waals surface area contributed by atoms with E-state index in [1.54, 1.807) is 7.05 Å². The lowest BCUT2D eigenvalue weighted by Gasteiger charge is -2.26. The molecule has 0 spiro atoms. The van der Waals surface area contributed by atoms with Gasteiger partial charge in [-0.3, -0.25) is 14.7 Å². The van der Waals surface area contributed by atoms with Gasteiger partial charge in [-0.1, -0.05) is 57.2 Å². The number of hydrogen-bond donors (Lipinski definition) is 3. The maximum Gasteiger partial charge on any atom is 0.323 e. The summed E-state index contributed by atoms with van der Waals surface area (Å²) in [4.78, 5) is 33.3. The van der Waals surface area contributed by atoms with Crippen LogP contribution in [0.2, 0.25) is 0 Å². The van der Waals surface area contributed by atoms with Gasteiger partial charge in [0.1, 0.15) is 5.69 Å². The van der Waals surface area contributed by atoms with Gasteiger partial charge in [0.2, 0.25) is 0 Å². The standard InChI is InChI=1S/C32H38N6O3/c1-32(2,3)27-18-26(29(37(27)5)30(39)33-4)36-31(40)35-25-13-11-21-8-6-7-9-24(21)28(25)22-10-12-23(34-19-22)20-38-14-16-41-17-15-38/h6-13,18-19H,14-17,20H2,1-5H3,(H,33,39)(H2,35,36,40). The highest BCUT2D eigenvalue weighted by molar-refractivity contribution is 6.10. The molecule has 3 heterocycles. The van der Waals surface area contributed by atoms with E-state index < -0.39 is 6.03 Å². The van der Waals surface area contributed by atoms with Gasteiger partial charge < -0.3 is 25.3 Å². The molecule has 0 unspecified atom stereocenters. The van der Waals surface area contributed by atoms with Crippen LogP contribution in [0.1, 0.15) is 42.6 Å². The molecule has 3 amide bonds. The molecule has 0 saturated carbocycles. The van der Waals surface area contributed by atoms with Gasteiger partial charge in [-0.2, -0.15) is 0 Å². The molecular weight excluding hydrogens is 516 g/mol. The minimum atomic E-state index is -0.436. The summed E-state index contributed by atoms with van der Waals surface area (Å²) in [5.41, 5.74) is 4.99. The molecule has 2 aromatic carbocycles. The number of pyridine rings is 1. The largest absolute Gasteiger partial charge is 0.379 e. The van der Waals surface area contributed by atoms with Crippen molar-refractivity contribution in [2.24, 2.45) is 7.05 Å². The van der Waals surface area contributed by atoms with Gasteiger partial charge in [-0.15, -0.1) is 0 Å². The maximum atomic E-state index is 13.4. The molecule has 0 radical (unpaired) electrons. The summed E-state index contributed by atoms with van der Waals surface area (Å²) in [5, 5.41) is 10.7. The van der Waals surface area contributed by atoms with Crippen LogP contribution >= 0.6 is 0 Å². The molecule has 214 valence electrons. The summed E-state index contributed by atoms with van der Waals surface area (Å²) in [6, 6.07) is 17.5. The fraction of sp³-hybridized carbons (Fsp3) is 0.344. The van der Waals surface area contributed by atoms with Crippen LogP contribution in [0.4, 0.5) is 16.2 Å². The average molecular weight is 555 g/mol. The topological polar surface area (TPSA) is 101 Å². The maximum absolute atomic E-state index is 13.4. The first-order chi connectivity index (χ1) is 19.7. The minimum Gasteiger partial charge on any atom is -0.379 e. The fourth-order valence-corrected chi connectivity index (χ4v) is 5.43. The normalized spacial score (nSPS) is 14.2. The van der Waals surface area contributed by atoms with Gasteiger partial charge in [-0.05, 0) is 29.0 Å². The molecule has 2 aromatic heterocycles. The number of nitrogens with one attached hydrogen (secondary N) is 3. The van der Waals surface area contributed by atoms with Gasteiger partial charge in [0.25, 0.3) is 5.91 Å². The second-order valence-electron chi connectivity index (χ2n) is 11.4. The molecule has 0 bridgehead atoms. The monoisotopic (exact) mass is 554 g/mol. The number of rotatable bonds is 6. The highest BCUT2D eigenvalue weighted by Gasteiger charge is 2.26. The van der Waals surface area contributed by atoms with Gasteiger partial charge in [0.05, 0.1) is 30.3 Å². The highest BCUT2D eigenvalue weighted by atomic mass is 16.5. The molecule has 1 saturated heterocycles. The van der Waals surface area contributed by atoms with Crippen molar-refractivity contribution in [2.75, 3.05) is 44.0 Å². The van der Waals surface area contributed by atoms with Crippen LogP contribution in [0.5, 0.6) is 0 Å². The van der Waals surface area contributed by atoms with Crippen molar-refractivity contribution in [3.8, 4) is 11.1 Å². The van der Waals surface area contributed by atoms with Crippen molar-refractivity contribution < 1.29 is 14.3 Å². The van der Waals surface area contributed by atoms with Gasteiger partial charge in [0, 0.05) is 62.2 Å². The summed E-state index contributed by atoms with van der Waals surface area (Å²) in [7, 11) is 3.42. The Morgan fingerprint density at radius 2 is 1.71 bits per heavy atom. The molecule has 41 heavy (non-hydrogen) atoms. The number of anilines is 2. The number of benzene rings is 2. The summed E-state index contributed by atoms with van der Waals surface area (Å²) in [5.74, 6) is -0.270. The van der Waals surface area contributed by atoms with Crippen molar-refractivity contribution >= 4 is 34.1 Å². The minimum absolute atomic E-state index is 0.222. The smallest absolute Gasteiger partial charge is 0.323 e. The Morgan fingerprint density at radius 1 is 0.976 bits per heavy atom. The number of fused-ring (bicyclic) bond motifs is 1. The number of morpholine rings is 1. The Morgan fingerprint density at radius 3 is 2.39 bits per heavy atom. The zero-order valence-electron chi connectivity index (χ0n) is 24.4. The Balaban J connectivity index is 1.45. The van der Waals surface area contributed by atoms with Crippen LogP contribution in [-0.2, 0) is 23.7 Å². The number of aromatic nitrogens is 2. The molecule has 9 nitrogen and oxygen atoms in total. The number of hydrogen-bond acceptors (Lipinski definition) is 5.